The Bertz CT molecular complexity index is 1410. The quantitative estimate of drug-likeness (QED) is 0.464. The van der Waals surface area contributed by atoms with Gasteiger partial charge in [0.15, 0.2) is 11.5 Å². The SMILES string of the molecule is O=C(Cn1cnc2cccnc21)N1CCN(c2cccnc2-c2nc3ccccc3[nH]2)CC1. The first-order chi connectivity index (χ1) is 16.3. The molecule has 0 saturated carbocycles. The van der Waals surface area contributed by atoms with E-state index >= 15 is 0 Å². The second-order valence-corrected chi connectivity index (χ2v) is 8.06. The van der Waals surface area contributed by atoms with Gasteiger partial charge in [-0.1, -0.05) is 12.1 Å². The van der Waals surface area contributed by atoms with Gasteiger partial charge < -0.3 is 19.4 Å². The fourth-order valence-electron chi connectivity index (χ4n) is 4.35. The third kappa shape index (κ3) is 3.57. The molecule has 0 aliphatic carbocycles. The van der Waals surface area contributed by atoms with Crippen LogP contribution in [0, 0.1) is 0 Å². The monoisotopic (exact) mass is 438 g/mol. The first-order valence-electron chi connectivity index (χ1n) is 10.9. The van der Waals surface area contributed by atoms with E-state index in [2.05, 4.69) is 30.9 Å². The van der Waals surface area contributed by atoms with Crippen LogP contribution in [0.15, 0.2) is 67.3 Å². The van der Waals surface area contributed by atoms with Gasteiger partial charge in [-0.25, -0.2) is 15.0 Å². The van der Waals surface area contributed by atoms with Crippen molar-refractivity contribution in [2.45, 2.75) is 6.54 Å². The first kappa shape index (κ1) is 19.4. The average Bonchev–Trinajstić information content (AvgIpc) is 3.48. The molecule has 4 aromatic heterocycles. The zero-order valence-corrected chi connectivity index (χ0v) is 17.9. The summed E-state index contributed by atoms with van der Waals surface area (Å²) in [4.78, 5) is 38.5. The van der Waals surface area contributed by atoms with Crippen molar-refractivity contribution in [1.29, 1.82) is 0 Å². The maximum atomic E-state index is 12.9. The fourth-order valence-corrected chi connectivity index (χ4v) is 4.35. The number of H-pyrrole nitrogens is 1. The number of carbonyl (C=O) groups excluding carboxylic acids is 1. The van der Waals surface area contributed by atoms with E-state index in [4.69, 9.17) is 4.98 Å². The van der Waals surface area contributed by atoms with Crippen LogP contribution in [0.4, 0.5) is 5.69 Å². The normalized spacial score (nSPS) is 14.3. The minimum Gasteiger partial charge on any atom is -0.366 e. The summed E-state index contributed by atoms with van der Waals surface area (Å²) in [7, 11) is 0. The number of benzene rings is 1. The number of carbonyl (C=O) groups is 1. The molecule has 5 aromatic rings. The third-order valence-corrected chi connectivity index (χ3v) is 6.05. The number of aromatic nitrogens is 6. The number of nitrogens with one attached hydrogen (secondary N) is 1. The van der Waals surface area contributed by atoms with Crippen molar-refractivity contribution in [3.8, 4) is 11.5 Å². The molecule has 1 aromatic carbocycles. The zero-order valence-electron chi connectivity index (χ0n) is 17.9. The van der Waals surface area contributed by atoms with Gasteiger partial charge in [-0.15, -0.1) is 0 Å². The summed E-state index contributed by atoms with van der Waals surface area (Å²) in [6.07, 6.45) is 5.19. The van der Waals surface area contributed by atoms with Crippen LogP contribution < -0.4 is 4.90 Å². The lowest BCUT2D eigenvalue weighted by atomic mass is 10.2. The van der Waals surface area contributed by atoms with Crippen molar-refractivity contribution in [2.24, 2.45) is 0 Å². The van der Waals surface area contributed by atoms with Gasteiger partial charge in [0, 0.05) is 38.6 Å². The number of aromatic amines is 1. The first-order valence-corrected chi connectivity index (χ1v) is 10.9. The van der Waals surface area contributed by atoms with Crippen LogP contribution in [-0.2, 0) is 11.3 Å². The van der Waals surface area contributed by atoms with Crippen LogP contribution in [0.25, 0.3) is 33.7 Å². The summed E-state index contributed by atoms with van der Waals surface area (Å²) in [5.74, 6) is 0.827. The average molecular weight is 438 g/mol. The molecule has 164 valence electrons. The molecule has 1 aliphatic rings. The lowest BCUT2D eigenvalue weighted by molar-refractivity contribution is -0.132. The molecule has 9 nitrogen and oxygen atoms in total. The Morgan fingerprint density at radius 1 is 0.879 bits per heavy atom. The van der Waals surface area contributed by atoms with Crippen molar-refractivity contribution in [3.63, 3.8) is 0 Å². The Labute approximate surface area is 189 Å². The summed E-state index contributed by atoms with van der Waals surface area (Å²) < 4.78 is 1.81. The molecule has 5 heterocycles. The van der Waals surface area contributed by atoms with E-state index in [1.54, 1.807) is 18.7 Å². The zero-order chi connectivity index (χ0) is 22.2. The molecule has 9 heteroatoms. The highest BCUT2D eigenvalue weighted by Gasteiger charge is 2.24. The molecule has 1 N–H and O–H groups in total. The summed E-state index contributed by atoms with van der Waals surface area (Å²) >= 11 is 0. The maximum Gasteiger partial charge on any atom is 0.242 e. The summed E-state index contributed by atoms with van der Waals surface area (Å²) in [6.45, 7) is 2.99. The van der Waals surface area contributed by atoms with E-state index < -0.39 is 0 Å². The van der Waals surface area contributed by atoms with Crippen molar-refractivity contribution in [1.82, 2.24) is 34.4 Å². The Morgan fingerprint density at radius 2 is 1.67 bits per heavy atom. The number of pyridine rings is 2. The predicted molar refractivity (Wildman–Crippen MR) is 126 cm³/mol. The number of anilines is 1. The number of amides is 1. The van der Waals surface area contributed by atoms with Crippen molar-refractivity contribution in [3.05, 3.63) is 67.3 Å². The summed E-state index contributed by atoms with van der Waals surface area (Å²) in [5.41, 5.74) is 5.28. The van der Waals surface area contributed by atoms with Crippen LogP contribution >= 0.6 is 0 Å². The van der Waals surface area contributed by atoms with Crippen molar-refractivity contribution in [2.75, 3.05) is 31.1 Å². The minimum absolute atomic E-state index is 0.0725. The molecule has 1 saturated heterocycles. The molecular formula is C24H22N8O. The van der Waals surface area contributed by atoms with Crippen LogP contribution in [0.3, 0.4) is 0 Å². The van der Waals surface area contributed by atoms with Crippen molar-refractivity contribution < 1.29 is 4.79 Å². The lowest BCUT2D eigenvalue weighted by Crippen LogP contribution is -2.49. The van der Waals surface area contributed by atoms with E-state index in [0.29, 0.717) is 13.1 Å². The molecule has 1 fully saturated rings. The van der Waals surface area contributed by atoms with E-state index in [0.717, 1.165) is 52.5 Å². The number of hydrogen-bond acceptors (Lipinski definition) is 6. The smallest absolute Gasteiger partial charge is 0.242 e. The Morgan fingerprint density at radius 3 is 2.55 bits per heavy atom. The van der Waals surface area contributed by atoms with E-state index in [9.17, 15) is 4.79 Å². The van der Waals surface area contributed by atoms with E-state index in [-0.39, 0.29) is 12.5 Å². The Balaban J connectivity index is 1.18. The largest absolute Gasteiger partial charge is 0.366 e. The van der Waals surface area contributed by atoms with E-state index in [1.807, 2.05) is 51.9 Å². The molecule has 1 aliphatic heterocycles. The molecule has 33 heavy (non-hydrogen) atoms. The number of piperazine rings is 1. The molecule has 0 atom stereocenters. The number of fused-ring (bicyclic) bond motifs is 2. The van der Waals surface area contributed by atoms with Gasteiger partial charge in [-0.05, 0) is 36.4 Å². The Hall–Kier alpha value is -4.27. The topological polar surface area (TPSA) is 95.8 Å². The number of para-hydroxylation sites is 2. The van der Waals surface area contributed by atoms with Crippen LogP contribution in [0.1, 0.15) is 0 Å². The third-order valence-electron chi connectivity index (χ3n) is 6.05. The van der Waals surface area contributed by atoms with Gasteiger partial charge >= 0.3 is 0 Å². The van der Waals surface area contributed by atoms with Gasteiger partial charge in [0.2, 0.25) is 5.91 Å². The molecule has 0 bridgehead atoms. The molecule has 0 spiro atoms. The lowest BCUT2D eigenvalue weighted by Gasteiger charge is -2.36. The standard InChI is InChI=1S/C24H22N8O/c33-21(15-32-16-27-19-7-3-10-26-24(19)32)31-13-11-30(12-14-31)20-8-4-9-25-22(20)23-28-17-5-1-2-6-18(17)29-23/h1-10,16H,11-15H2,(H,28,29). The molecule has 1 amide bonds. The fraction of sp³-hybridized carbons (Fsp3) is 0.208. The number of hydrogen-bond donors (Lipinski definition) is 1. The summed E-state index contributed by atoms with van der Waals surface area (Å²) in [6, 6.07) is 15.7. The van der Waals surface area contributed by atoms with Gasteiger partial charge in [-0.2, -0.15) is 0 Å². The second kappa shape index (κ2) is 8.01. The Kier molecular flexibility index (Phi) is 4.71. The van der Waals surface area contributed by atoms with Crippen LogP contribution in [-0.4, -0.2) is 66.5 Å². The van der Waals surface area contributed by atoms with Crippen LogP contribution in [0.5, 0.6) is 0 Å². The van der Waals surface area contributed by atoms with E-state index in [1.165, 1.54) is 0 Å². The van der Waals surface area contributed by atoms with Crippen molar-refractivity contribution >= 4 is 33.8 Å². The molecule has 6 rings (SSSR count). The summed E-state index contributed by atoms with van der Waals surface area (Å²) in [5, 5.41) is 0. The van der Waals surface area contributed by atoms with Gasteiger partial charge in [0.25, 0.3) is 0 Å². The number of rotatable bonds is 4. The van der Waals surface area contributed by atoms with Gasteiger partial charge in [-0.3, -0.25) is 9.78 Å². The second-order valence-electron chi connectivity index (χ2n) is 8.06. The molecule has 0 unspecified atom stereocenters. The highest BCUT2D eigenvalue weighted by atomic mass is 16.2. The van der Waals surface area contributed by atoms with Crippen LogP contribution in [0.2, 0.25) is 0 Å². The molecule has 0 radical (unpaired) electrons. The number of nitrogens with zero attached hydrogens (tertiary/aromatic N) is 7. The maximum absolute atomic E-state index is 12.9. The highest BCUT2D eigenvalue weighted by Crippen LogP contribution is 2.29. The predicted octanol–water partition coefficient (Wildman–Crippen LogP) is 2.72. The number of imidazole rings is 2. The van der Waals surface area contributed by atoms with Gasteiger partial charge in [0.05, 0.1) is 23.0 Å². The highest BCUT2D eigenvalue weighted by molar-refractivity contribution is 5.82. The minimum atomic E-state index is 0.0725. The molecular weight excluding hydrogens is 416 g/mol. The van der Waals surface area contributed by atoms with Gasteiger partial charge in [0.1, 0.15) is 17.8 Å².